The highest BCUT2D eigenvalue weighted by Gasteiger charge is 2.15. The Labute approximate surface area is 157 Å². The fraction of sp³-hybridized carbons (Fsp3) is 0.174. The number of fused-ring (bicyclic) bond motifs is 1. The third-order valence-corrected chi connectivity index (χ3v) is 4.54. The van der Waals surface area contributed by atoms with Crippen molar-refractivity contribution < 1.29 is 0 Å². The molecule has 0 atom stereocenters. The molecule has 2 heterocycles. The molecule has 0 aliphatic heterocycles. The van der Waals surface area contributed by atoms with E-state index in [1.807, 2.05) is 43.3 Å². The van der Waals surface area contributed by atoms with E-state index in [9.17, 15) is 4.79 Å². The Balaban J connectivity index is 1.95. The number of pyridine rings is 1. The zero-order valence-electron chi connectivity index (χ0n) is 15.1. The van der Waals surface area contributed by atoms with Gasteiger partial charge in [-0.25, -0.2) is 4.98 Å². The van der Waals surface area contributed by atoms with E-state index in [2.05, 4.69) is 29.0 Å². The first-order valence-corrected chi connectivity index (χ1v) is 9.11. The van der Waals surface area contributed by atoms with Crippen molar-refractivity contribution >= 4 is 16.6 Å². The molecule has 0 unspecified atom stereocenters. The van der Waals surface area contributed by atoms with Crippen LogP contribution in [0.5, 0.6) is 0 Å². The van der Waals surface area contributed by atoms with Gasteiger partial charge in [0.1, 0.15) is 5.82 Å². The first-order chi connectivity index (χ1) is 13.3. The Morgan fingerprint density at radius 3 is 2.70 bits per heavy atom. The second-order valence-electron chi connectivity index (χ2n) is 6.32. The summed E-state index contributed by atoms with van der Waals surface area (Å²) in [5.74, 6) is 7.03. The van der Waals surface area contributed by atoms with E-state index in [1.165, 1.54) is 0 Å². The highest BCUT2D eigenvalue weighted by Crippen LogP contribution is 2.19. The van der Waals surface area contributed by atoms with Crippen molar-refractivity contribution in [1.82, 2.24) is 14.5 Å². The van der Waals surface area contributed by atoms with Crippen molar-refractivity contribution in [3.05, 3.63) is 88.3 Å². The molecule has 1 aromatic carbocycles. The zero-order valence-corrected chi connectivity index (χ0v) is 15.1. The summed E-state index contributed by atoms with van der Waals surface area (Å²) in [6, 6.07) is 9.35. The second-order valence-corrected chi connectivity index (χ2v) is 6.32. The predicted molar refractivity (Wildman–Crippen MR) is 108 cm³/mol. The van der Waals surface area contributed by atoms with Crippen molar-refractivity contribution in [2.24, 2.45) is 0 Å². The van der Waals surface area contributed by atoms with E-state index in [0.29, 0.717) is 22.9 Å². The molecule has 132 valence electrons. The van der Waals surface area contributed by atoms with E-state index in [-0.39, 0.29) is 5.56 Å². The highest BCUT2D eigenvalue weighted by molar-refractivity contribution is 5.85. The monoisotopic (exact) mass is 353 g/mol. The van der Waals surface area contributed by atoms with Crippen LogP contribution in [0.15, 0.2) is 65.7 Å². The minimum Gasteiger partial charge on any atom is -0.268 e. The quantitative estimate of drug-likeness (QED) is 0.656. The van der Waals surface area contributed by atoms with E-state index in [0.717, 1.165) is 29.9 Å². The molecule has 0 N–H and O–H groups in total. The fourth-order valence-electron chi connectivity index (χ4n) is 3.22. The van der Waals surface area contributed by atoms with Gasteiger partial charge in [-0.2, -0.15) is 0 Å². The van der Waals surface area contributed by atoms with Crippen molar-refractivity contribution in [1.29, 1.82) is 0 Å². The molecular formula is C23H19N3O. The molecule has 1 aliphatic carbocycles. The molecular weight excluding hydrogens is 334 g/mol. The number of nitrogens with zero attached hydrogens (tertiary/aromatic N) is 3. The minimum atomic E-state index is -0.0609. The molecule has 1 aliphatic rings. The second kappa shape index (κ2) is 7.43. The normalized spacial score (nSPS) is 13.1. The molecule has 0 bridgehead atoms. The van der Waals surface area contributed by atoms with Gasteiger partial charge in [0.15, 0.2) is 0 Å². The van der Waals surface area contributed by atoms with E-state index in [1.54, 1.807) is 17.0 Å². The molecule has 4 rings (SSSR count). The summed E-state index contributed by atoms with van der Waals surface area (Å²) < 4.78 is 1.73. The van der Waals surface area contributed by atoms with Crippen LogP contribution in [0.25, 0.3) is 16.6 Å². The van der Waals surface area contributed by atoms with Crippen LogP contribution in [0.2, 0.25) is 0 Å². The van der Waals surface area contributed by atoms with Gasteiger partial charge in [-0.3, -0.25) is 14.3 Å². The molecule has 0 saturated heterocycles. The van der Waals surface area contributed by atoms with Crippen LogP contribution in [-0.4, -0.2) is 14.5 Å². The predicted octanol–water partition coefficient (Wildman–Crippen LogP) is 3.94. The van der Waals surface area contributed by atoms with E-state index in [4.69, 9.17) is 4.98 Å². The third kappa shape index (κ3) is 3.32. The number of benzene rings is 1. The van der Waals surface area contributed by atoms with Gasteiger partial charge in [0.05, 0.1) is 10.9 Å². The summed E-state index contributed by atoms with van der Waals surface area (Å²) in [4.78, 5) is 22.2. The molecule has 4 nitrogen and oxygen atoms in total. The summed E-state index contributed by atoms with van der Waals surface area (Å²) in [5.41, 5.74) is 3.08. The molecule has 2 aromatic heterocycles. The molecule has 0 spiro atoms. The Kier molecular flexibility index (Phi) is 4.67. The van der Waals surface area contributed by atoms with Gasteiger partial charge in [0, 0.05) is 35.6 Å². The Morgan fingerprint density at radius 1 is 1.11 bits per heavy atom. The van der Waals surface area contributed by atoms with Crippen molar-refractivity contribution in [3.63, 3.8) is 0 Å². The van der Waals surface area contributed by atoms with Gasteiger partial charge >= 0.3 is 0 Å². The van der Waals surface area contributed by atoms with Gasteiger partial charge in [0.2, 0.25) is 0 Å². The lowest BCUT2D eigenvalue weighted by Crippen LogP contribution is -2.25. The third-order valence-electron chi connectivity index (χ3n) is 4.54. The number of aromatic nitrogens is 3. The minimum absolute atomic E-state index is 0.0609. The van der Waals surface area contributed by atoms with Gasteiger partial charge in [0.25, 0.3) is 5.56 Å². The topological polar surface area (TPSA) is 47.8 Å². The molecule has 0 radical (unpaired) electrons. The molecule has 27 heavy (non-hydrogen) atoms. The maximum absolute atomic E-state index is 13.4. The number of aryl methyl sites for hydroxylation is 1. The summed E-state index contributed by atoms with van der Waals surface area (Å²) in [5, 5.41) is 0.566. The summed E-state index contributed by atoms with van der Waals surface area (Å²) in [7, 11) is 0. The number of hydrogen-bond donors (Lipinski definition) is 0. The van der Waals surface area contributed by atoms with Crippen LogP contribution >= 0.6 is 0 Å². The van der Waals surface area contributed by atoms with Gasteiger partial charge < -0.3 is 0 Å². The summed E-state index contributed by atoms with van der Waals surface area (Å²) >= 11 is 0. The highest BCUT2D eigenvalue weighted by atomic mass is 16.1. The van der Waals surface area contributed by atoms with Crippen LogP contribution in [0.3, 0.4) is 0 Å². The molecule has 3 aromatic rings. The van der Waals surface area contributed by atoms with Crippen molar-refractivity contribution in [2.45, 2.75) is 26.2 Å². The molecule has 0 fully saturated rings. The van der Waals surface area contributed by atoms with Gasteiger partial charge in [-0.15, -0.1) is 0 Å². The van der Waals surface area contributed by atoms with Crippen LogP contribution in [-0.2, 0) is 6.42 Å². The standard InChI is InChI=1S/C23H19N3O/c1-2-21-25-20-10-6-7-18(12-11-17-13-15-24-16-14-17)22(20)23(27)26(21)19-8-4-3-5-9-19/h4,6-10,13-16H,2-3,5H2,1H3. The van der Waals surface area contributed by atoms with Gasteiger partial charge in [-0.1, -0.05) is 37.0 Å². The van der Waals surface area contributed by atoms with Crippen LogP contribution in [0, 0.1) is 11.8 Å². The summed E-state index contributed by atoms with van der Waals surface area (Å²) in [6.07, 6.45) is 12.2. The van der Waals surface area contributed by atoms with E-state index < -0.39 is 0 Å². The molecule has 0 amide bonds. The first-order valence-electron chi connectivity index (χ1n) is 9.11. The average molecular weight is 353 g/mol. The van der Waals surface area contributed by atoms with Crippen LogP contribution in [0.1, 0.15) is 36.7 Å². The number of allylic oxidation sites excluding steroid dienone is 4. The van der Waals surface area contributed by atoms with Gasteiger partial charge in [-0.05, 0) is 43.2 Å². The van der Waals surface area contributed by atoms with E-state index >= 15 is 0 Å². The fourth-order valence-corrected chi connectivity index (χ4v) is 3.22. The Bertz CT molecular complexity index is 1180. The average Bonchev–Trinajstić information content (AvgIpc) is 2.73. The summed E-state index contributed by atoms with van der Waals surface area (Å²) in [6.45, 7) is 2.02. The molecule has 0 saturated carbocycles. The van der Waals surface area contributed by atoms with Crippen molar-refractivity contribution in [3.8, 4) is 11.8 Å². The smallest absolute Gasteiger partial charge is 0.267 e. The largest absolute Gasteiger partial charge is 0.268 e. The van der Waals surface area contributed by atoms with Crippen molar-refractivity contribution in [2.75, 3.05) is 0 Å². The maximum Gasteiger partial charge on any atom is 0.267 e. The SMILES string of the molecule is CCc1nc2cccc(C#Cc3ccncc3)c2c(=O)n1C1=CCCC=C1. The van der Waals surface area contributed by atoms with Crippen LogP contribution < -0.4 is 5.56 Å². The molecule has 4 heteroatoms. The number of rotatable bonds is 2. The lowest BCUT2D eigenvalue weighted by Gasteiger charge is -2.15. The Hall–Kier alpha value is -3.45. The zero-order chi connectivity index (χ0) is 18.6. The Morgan fingerprint density at radius 2 is 1.96 bits per heavy atom. The maximum atomic E-state index is 13.4. The lowest BCUT2D eigenvalue weighted by atomic mass is 10.1. The lowest BCUT2D eigenvalue weighted by molar-refractivity contribution is 0.842. The van der Waals surface area contributed by atoms with Crippen LogP contribution in [0.4, 0.5) is 0 Å². The first kappa shape index (κ1) is 17.0. The number of hydrogen-bond acceptors (Lipinski definition) is 3.